The molecule has 0 bridgehead atoms. The van der Waals surface area contributed by atoms with Crippen LogP contribution in [-0.2, 0) is 40.2 Å². The molecule has 2 atom stereocenters. The monoisotopic (exact) mass is 571 g/mol. The maximum Gasteiger partial charge on any atom is 0.246 e. The van der Waals surface area contributed by atoms with Crippen molar-refractivity contribution in [1.29, 1.82) is 0 Å². The fourth-order valence-electron chi connectivity index (χ4n) is 5.79. The van der Waals surface area contributed by atoms with Gasteiger partial charge in [-0.15, -0.1) is 0 Å². The highest BCUT2D eigenvalue weighted by Gasteiger charge is 2.45. The lowest BCUT2D eigenvalue weighted by Gasteiger charge is -2.38. The molecule has 2 heterocycles. The standard InChI is InChI=1S/C32H34ClN5O3/c1-20(2)29(30(34)40)36-31(41)32(37-28(39)16-21-9-11-23(33)12-10-21)14-13-27-25(17-32)24-7-3-4-8-26(24)38(27)19-22-6-5-15-35-18-22/h3-12,15,18,20,29H,13-14,16-17,19H2,1-2H3,(H2,34,40)(H,36,41)(H,37,39)/t29-,32+/m0/s1. The quantitative estimate of drug-likeness (QED) is 0.282. The van der Waals surface area contributed by atoms with Gasteiger partial charge in [0, 0.05) is 47.0 Å². The van der Waals surface area contributed by atoms with Crippen molar-refractivity contribution in [3.63, 3.8) is 0 Å². The molecular weight excluding hydrogens is 538 g/mol. The summed E-state index contributed by atoms with van der Waals surface area (Å²) in [7, 11) is 0. The molecular formula is C32H34ClN5O3. The minimum Gasteiger partial charge on any atom is -0.368 e. The van der Waals surface area contributed by atoms with Crippen molar-refractivity contribution in [2.75, 3.05) is 0 Å². The Bertz CT molecular complexity index is 1580. The molecule has 0 unspecified atom stereocenters. The van der Waals surface area contributed by atoms with Crippen LogP contribution >= 0.6 is 11.6 Å². The van der Waals surface area contributed by atoms with E-state index in [1.807, 2.05) is 44.3 Å². The Morgan fingerprint density at radius 3 is 2.49 bits per heavy atom. The number of nitrogens with zero attached hydrogens (tertiary/aromatic N) is 2. The third kappa shape index (κ3) is 5.98. The largest absolute Gasteiger partial charge is 0.368 e. The van der Waals surface area contributed by atoms with Crippen LogP contribution in [0, 0.1) is 5.92 Å². The molecule has 3 amide bonds. The maximum atomic E-state index is 14.0. The number of halogens is 1. The van der Waals surface area contributed by atoms with Crippen LogP contribution < -0.4 is 16.4 Å². The Morgan fingerprint density at radius 1 is 1.05 bits per heavy atom. The lowest BCUT2D eigenvalue weighted by Crippen LogP contribution is -2.64. The number of para-hydroxylation sites is 1. The number of carbonyl (C=O) groups is 3. The number of aromatic nitrogens is 2. The maximum absolute atomic E-state index is 14.0. The molecule has 0 saturated heterocycles. The van der Waals surface area contributed by atoms with Gasteiger partial charge in [0.15, 0.2) is 0 Å². The zero-order valence-electron chi connectivity index (χ0n) is 23.2. The van der Waals surface area contributed by atoms with Crippen molar-refractivity contribution in [3.05, 3.63) is 100 Å². The van der Waals surface area contributed by atoms with Crippen LogP contribution in [0.5, 0.6) is 0 Å². The van der Waals surface area contributed by atoms with Crippen molar-refractivity contribution >= 4 is 40.2 Å². The first kappa shape index (κ1) is 28.4. The first-order valence-corrected chi connectivity index (χ1v) is 14.2. The minimum absolute atomic E-state index is 0.0885. The number of carbonyl (C=O) groups excluding carboxylic acids is 3. The molecule has 0 fully saturated rings. The van der Waals surface area contributed by atoms with Crippen LogP contribution in [0.2, 0.25) is 5.02 Å². The number of nitrogens with one attached hydrogen (secondary N) is 2. The molecule has 0 spiro atoms. The van der Waals surface area contributed by atoms with Crippen LogP contribution in [-0.4, -0.2) is 38.9 Å². The SMILES string of the molecule is CC(C)[C@H](NC(=O)[C@@]1(NC(=O)Cc2ccc(Cl)cc2)CCc2c(c3ccccc3n2Cc2cccnc2)C1)C(N)=O. The van der Waals surface area contributed by atoms with Gasteiger partial charge < -0.3 is 20.9 Å². The molecule has 4 aromatic rings. The lowest BCUT2D eigenvalue weighted by atomic mass is 9.78. The van der Waals surface area contributed by atoms with Crippen LogP contribution in [0.1, 0.15) is 42.7 Å². The van der Waals surface area contributed by atoms with Crippen LogP contribution in [0.3, 0.4) is 0 Å². The molecule has 41 heavy (non-hydrogen) atoms. The zero-order valence-corrected chi connectivity index (χ0v) is 23.9. The predicted octanol–water partition coefficient (Wildman–Crippen LogP) is 3.95. The number of pyridine rings is 1. The van der Waals surface area contributed by atoms with Crippen molar-refractivity contribution in [2.45, 2.75) is 57.7 Å². The van der Waals surface area contributed by atoms with Gasteiger partial charge in [0.1, 0.15) is 11.6 Å². The first-order chi connectivity index (χ1) is 19.7. The second kappa shape index (κ2) is 11.7. The van der Waals surface area contributed by atoms with Crippen molar-refractivity contribution < 1.29 is 14.4 Å². The van der Waals surface area contributed by atoms with E-state index in [4.69, 9.17) is 17.3 Å². The van der Waals surface area contributed by atoms with E-state index >= 15 is 0 Å². The second-order valence-electron chi connectivity index (χ2n) is 11.1. The molecule has 212 valence electrons. The molecule has 0 radical (unpaired) electrons. The summed E-state index contributed by atoms with van der Waals surface area (Å²) in [4.78, 5) is 44.0. The third-order valence-corrected chi connectivity index (χ3v) is 8.13. The zero-order chi connectivity index (χ0) is 29.1. The van der Waals surface area contributed by atoms with Gasteiger partial charge in [-0.05, 0) is 59.7 Å². The Balaban J connectivity index is 1.53. The van der Waals surface area contributed by atoms with Gasteiger partial charge in [-0.1, -0.05) is 61.8 Å². The summed E-state index contributed by atoms with van der Waals surface area (Å²) < 4.78 is 2.28. The van der Waals surface area contributed by atoms with Crippen molar-refractivity contribution in [3.8, 4) is 0 Å². The fourth-order valence-corrected chi connectivity index (χ4v) is 5.92. The number of fused-ring (bicyclic) bond motifs is 3. The molecule has 5 rings (SSSR count). The summed E-state index contributed by atoms with van der Waals surface area (Å²) in [5.41, 5.74) is 9.43. The minimum atomic E-state index is -1.26. The Kier molecular flexibility index (Phi) is 8.13. The normalized spacial score (nSPS) is 17.2. The number of rotatable bonds is 9. The Hall–Kier alpha value is -4.17. The number of hydrogen-bond acceptors (Lipinski definition) is 4. The molecule has 0 aliphatic heterocycles. The van der Waals surface area contributed by atoms with Crippen LogP contribution in [0.25, 0.3) is 10.9 Å². The van der Waals surface area contributed by atoms with Gasteiger partial charge in [-0.3, -0.25) is 19.4 Å². The molecule has 1 aliphatic rings. The molecule has 0 saturated carbocycles. The molecule has 2 aromatic carbocycles. The van der Waals surface area contributed by atoms with Gasteiger partial charge in [0.25, 0.3) is 0 Å². The summed E-state index contributed by atoms with van der Waals surface area (Å²) in [6.07, 6.45) is 4.90. The number of benzene rings is 2. The molecule has 9 heteroatoms. The fraction of sp³-hybridized carbons (Fsp3) is 0.312. The van der Waals surface area contributed by atoms with Crippen molar-refractivity contribution in [1.82, 2.24) is 20.2 Å². The topological polar surface area (TPSA) is 119 Å². The Labute approximate surface area is 244 Å². The summed E-state index contributed by atoms with van der Waals surface area (Å²) >= 11 is 6.02. The van der Waals surface area contributed by atoms with Gasteiger partial charge >= 0.3 is 0 Å². The first-order valence-electron chi connectivity index (χ1n) is 13.8. The van der Waals surface area contributed by atoms with E-state index in [2.05, 4.69) is 32.3 Å². The average molecular weight is 572 g/mol. The number of nitrogens with two attached hydrogens (primary N) is 1. The van der Waals surface area contributed by atoms with Crippen LogP contribution in [0.15, 0.2) is 73.1 Å². The van der Waals surface area contributed by atoms with Gasteiger partial charge in [-0.2, -0.15) is 0 Å². The average Bonchev–Trinajstić information content (AvgIpc) is 3.25. The van der Waals surface area contributed by atoms with Gasteiger partial charge in [0.05, 0.1) is 6.42 Å². The Morgan fingerprint density at radius 2 is 1.80 bits per heavy atom. The number of amides is 3. The second-order valence-corrected chi connectivity index (χ2v) is 11.5. The summed E-state index contributed by atoms with van der Waals surface area (Å²) in [6, 6.07) is 18.3. The smallest absolute Gasteiger partial charge is 0.246 e. The van der Waals surface area contributed by atoms with E-state index in [9.17, 15) is 14.4 Å². The predicted molar refractivity (Wildman–Crippen MR) is 159 cm³/mol. The van der Waals surface area contributed by atoms with Crippen LogP contribution in [0.4, 0.5) is 0 Å². The highest BCUT2D eigenvalue weighted by molar-refractivity contribution is 6.30. The van der Waals surface area contributed by atoms with E-state index in [1.165, 1.54) is 0 Å². The summed E-state index contributed by atoms with van der Waals surface area (Å²) in [6.45, 7) is 4.29. The van der Waals surface area contributed by atoms with Gasteiger partial charge in [0.2, 0.25) is 17.7 Å². The summed E-state index contributed by atoms with van der Waals surface area (Å²) in [5.74, 6) is -1.52. The highest BCUT2D eigenvalue weighted by Crippen LogP contribution is 2.37. The summed E-state index contributed by atoms with van der Waals surface area (Å²) in [5, 5.41) is 7.57. The number of hydrogen-bond donors (Lipinski definition) is 3. The molecule has 1 aliphatic carbocycles. The number of primary amides is 1. The molecule has 4 N–H and O–H groups in total. The molecule has 8 nitrogen and oxygen atoms in total. The van der Waals surface area contributed by atoms with E-state index in [-0.39, 0.29) is 24.7 Å². The molecule has 2 aromatic heterocycles. The van der Waals surface area contributed by atoms with E-state index in [0.717, 1.165) is 33.3 Å². The van der Waals surface area contributed by atoms with Gasteiger partial charge in [-0.25, -0.2) is 0 Å². The highest BCUT2D eigenvalue weighted by atomic mass is 35.5. The van der Waals surface area contributed by atoms with Crippen molar-refractivity contribution in [2.24, 2.45) is 11.7 Å². The van der Waals surface area contributed by atoms with E-state index < -0.39 is 23.4 Å². The third-order valence-electron chi connectivity index (χ3n) is 7.88. The van der Waals surface area contributed by atoms with E-state index in [0.29, 0.717) is 24.4 Å². The lowest BCUT2D eigenvalue weighted by molar-refractivity contribution is -0.136. The van der Waals surface area contributed by atoms with E-state index in [1.54, 1.807) is 30.5 Å².